The molecule has 1 heteroatoms. The lowest BCUT2D eigenvalue weighted by atomic mass is 10.0. The lowest BCUT2D eigenvalue weighted by Gasteiger charge is -2.06. The summed E-state index contributed by atoms with van der Waals surface area (Å²) in [4.78, 5) is 0. The van der Waals surface area contributed by atoms with E-state index in [1.807, 2.05) is 44.2 Å². The molecule has 0 amide bonds. The summed E-state index contributed by atoms with van der Waals surface area (Å²) in [6.07, 6.45) is 9.69. The molecule has 1 aromatic carbocycles. The van der Waals surface area contributed by atoms with Crippen molar-refractivity contribution in [3.8, 4) is 5.75 Å². The van der Waals surface area contributed by atoms with Crippen molar-refractivity contribution in [3.05, 3.63) is 53.6 Å². The van der Waals surface area contributed by atoms with Crippen LogP contribution in [0.5, 0.6) is 5.75 Å². The lowest BCUT2D eigenvalue weighted by Crippen LogP contribution is -1.88. The number of para-hydroxylation sites is 1. The van der Waals surface area contributed by atoms with Crippen LogP contribution < -0.4 is 0 Å². The second kappa shape index (κ2) is 6.07. The molecular weight excluding hydrogens is 184 g/mol. The Balaban J connectivity index is 2.89. The van der Waals surface area contributed by atoms with Gasteiger partial charge in [-0.05, 0) is 37.8 Å². The molecule has 1 aromatic rings. The van der Waals surface area contributed by atoms with Crippen LogP contribution in [0.1, 0.15) is 25.0 Å². The fourth-order valence-electron chi connectivity index (χ4n) is 1.46. The maximum Gasteiger partial charge on any atom is 0.122 e. The number of benzene rings is 1. The molecule has 0 unspecified atom stereocenters. The van der Waals surface area contributed by atoms with Crippen molar-refractivity contribution in [1.82, 2.24) is 0 Å². The minimum Gasteiger partial charge on any atom is -0.507 e. The first-order valence-corrected chi connectivity index (χ1v) is 5.31. The smallest absolute Gasteiger partial charge is 0.122 e. The molecule has 0 aromatic heterocycles. The number of rotatable bonds is 4. The van der Waals surface area contributed by atoms with E-state index in [1.54, 1.807) is 0 Å². The molecule has 0 saturated heterocycles. The highest BCUT2D eigenvalue weighted by Crippen LogP contribution is 2.23. The van der Waals surface area contributed by atoms with Gasteiger partial charge < -0.3 is 5.11 Å². The summed E-state index contributed by atoms with van der Waals surface area (Å²) >= 11 is 0. The number of phenols is 1. The molecule has 0 radical (unpaired) electrons. The van der Waals surface area contributed by atoms with Gasteiger partial charge in [0.1, 0.15) is 5.75 Å². The fourth-order valence-corrected chi connectivity index (χ4v) is 1.46. The van der Waals surface area contributed by atoms with Crippen LogP contribution in [0.25, 0.3) is 0 Å². The van der Waals surface area contributed by atoms with Crippen LogP contribution in [0.2, 0.25) is 0 Å². The number of hydrogen-bond acceptors (Lipinski definition) is 1. The summed E-state index contributed by atoms with van der Waals surface area (Å²) in [5, 5.41) is 9.97. The average Bonchev–Trinajstić information content (AvgIpc) is 2.26. The van der Waals surface area contributed by atoms with Crippen LogP contribution in [0.4, 0.5) is 0 Å². The molecule has 1 N–H and O–H groups in total. The SMILES string of the molecule is CC=CCc1cccc(CC=CC)c1O. The minimum atomic E-state index is 0.439. The Morgan fingerprint density at radius 2 is 1.47 bits per heavy atom. The van der Waals surface area contributed by atoms with Gasteiger partial charge in [-0.1, -0.05) is 42.5 Å². The quantitative estimate of drug-likeness (QED) is 0.739. The Kier molecular flexibility index (Phi) is 4.69. The van der Waals surface area contributed by atoms with Gasteiger partial charge in [0.25, 0.3) is 0 Å². The Labute approximate surface area is 91.8 Å². The Bertz CT molecular complexity index is 329. The van der Waals surface area contributed by atoms with Crippen LogP contribution in [0, 0.1) is 0 Å². The fraction of sp³-hybridized carbons (Fsp3) is 0.286. The Morgan fingerprint density at radius 3 is 1.87 bits per heavy atom. The number of allylic oxidation sites excluding steroid dienone is 4. The number of hydrogen-bond donors (Lipinski definition) is 1. The van der Waals surface area contributed by atoms with Gasteiger partial charge in [0.2, 0.25) is 0 Å². The van der Waals surface area contributed by atoms with E-state index < -0.39 is 0 Å². The van der Waals surface area contributed by atoms with E-state index in [0.29, 0.717) is 5.75 Å². The third-order valence-electron chi connectivity index (χ3n) is 2.35. The predicted octanol–water partition coefficient (Wildman–Crippen LogP) is 3.63. The maximum atomic E-state index is 9.97. The second-order valence-corrected chi connectivity index (χ2v) is 3.47. The van der Waals surface area contributed by atoms with Crippen LogP contribution in [-0.2, 0) is 12.8 Å². The van der Waals surface area contributed by atoms with Gasteiger partial charge in [-0.2, -0.15) is 0 Å². The summed E-state index contributed by atoms with van der Waals surface area (Å²) in [5.74, 6) is 0.439. The molecule has 0 spiro atoms. The van der Waals surface area contributed by atoms with Crippen LogP contribution in [0.3, 0.4) is 0 Å². The van der Waals surface area contributed by atoms with Crippen LogP contribution in [0.15, 0.2) is 42.5 Å². The Morgan fingerprint density at radius 1 is 1.00 bits per heavy atom. The first kappa shape index (κ1) is 11.6. The number of phenolic OH excluding ortho intramolecular Hbond substituents is 1. The van der Waals surface area contributed by atoms with Gasteiger partial charge >= 0.3 is 0 Å². The first-order chi connectivity index (χ1) is 7.29. The molecule has 0 saturated carbocycles. The van der Waals surface area contributed by atoms with Crippen molar-refractivity contribution in [2.75, 3.05) is 0 Å². The summed E-state index contributed by atoms with van der Waals surface area (Å²) in [5.41, 5.74) is 1.99. The highest BCUT2D eigenvalue weighted by Gasteiger charge is 2.03. The van der Waals surface area contributed by atoms with E-state index in [4.69, 9.17) is 0 Å². The summed E-state index contributed by atoms with van der Waals surface area (Å²) in [7, 11) is 0. The van der Waals surface area contributed by atoms with Crippen LogP contribution in [-0.4, -0.2) is 5.11 Å². The second-order valence-electron chi connectivity index (χ2n) is 3.47. The van der Waals surface area contributed by atoms with Crippen LogP contribution >= 0.6 is 0 Å². The molecule has 0 aliphatic heterocycles. The van der Waals surface area contributed by atoms with E-state index in [0.717, 1.165) is 24.0 Å². The third-order valence-corrected chi connectivity index (χ3v) is 2.35. The molecule has 1 rings (SSSR count). The van der Waals surface area contributed by atoms with Gasteiger partial charge in [-0.15, -0.1) is 0 Å². The lowest BCUT2D eigenvalue weighted by molar-refractivity contribution is 0.464. The molecule has 1 nitrogen and oxygen atoms in total. The topological polar surface area (TPSA) is 20.2 Å². The van der Waals surface area contributed by atoms with Crippen molar-refractivity contribution in [1.29, 1.82) is 0 Å². The molecule has 0 atom stereocenters. The Hall–Kier alpha value is -1.50. The van der Waals surface area contributed by atoms with Gasteiger partial charge in [-0.25, -0.2) is 0 Å². The monoisotopic (exact) mass is 202 g/mol. The van der Waals surface area contributed by atoms with Crippen molar-refractivity contribution >= 4 is 0 Å². The summed E-state index contributed by atoms with van der Waals surface area (Å²) < 4.78 is 0. The summed E-state index contributed by atoms with van der Waals surface area (Å²) in [6, 6.07) is 5.93. The van der Waals surface area contributed by atoms with E-state index in [1.165, 1.54) is 0 Å². The zero-order chi connectivity index (χ0) is 11.1. The zero-order valence-electron chi connectivity index (χ0n) is 9.40. The standard InChI is InChI=1S/C14H18O/c1-3-5-8-12-10-7-11-13(14(12)15)9-6-4-2/h3-7,10-11,15H,8-9H2,1-2H3. The molecule has 0 aliphatic rings. The minimum absolute atomic E-state index is 0.439. The highest BCUT2D eigenvalue weighted by atomic mass is 16.3. The first-order valence-electron chi connectivity index (χ1n) is 5.31. The van der Waals surface area contributed by atoms with Crippen molar-refractivity contribution in [2.24, 2.45) is 0 Å². The van der Waals surface area contributed by atoms with E-state index >= 15 is 0 Å². The molecule has 0 bridgehead atoms. The molecule has 80 valence electrons. The van der Waals surface area contributed by atoms with Gasteiger partial charge in [-0.3, -0.25) is 0 Å². The molecule has 15 heavy (non-hydrogen) atoms. The van der Waals surface area contributed by atoms with E-state index in [2.05, 4.69) is 12.2 Å². The average molecular weight is 202 g/mol. The van der Waals surface area contributed by atoms with Gasteiger partial charge in [0.15, 0.2) is 0 Å². The zero-order valence-corrected chi connectivity index (χ0v) is 9.40. The van der Waals surface area contributed by atoms with Crippen molar-refractivity contribution in [2.45, 2.75) is 26.7 Å². The highest BCUT2D eigenvalue weighted by molar-refractivity contribution is 5.42. The molecular formula is C14H18O. The molecule has 0 heterocycles. The summed E-state index contributed by atoms with van der Waals surface area (Å²) in [6.45, 7) is 3.97. The van der Waals surface area contributed by atoms with Gasteiger partial charge in [0.05, 0.1) is 0 Å². The normalized spacial score (nSPS) is 11.6. The third kappa shape index (κ3) is 3.28. The van der Waals surface area contributed by atoms with E-state index in [-0.39, 0.29) is 0 Å². The van der Waals surface area contributed by atoms with E-state index in [9.17, 15) is 5.11 Å². The molecule has 0 fully saturated rings. The predicted molar refractivity (Wildman–Crippen MR) is 65.1 cm³/mol. The van der Waals surface area contributed by atoms with Crippen molar-refractivity contribution < 1.29 is 5.11 Å². The molecule has 0 aliphatic carbocycles. The maximum absolute atomic E-state index is 9.97. The van der Waals surface area contributed by atoms with Gasteiger partial charge in [0, 0.05) is 0 Å². The largest absolute Gasteiger partial charge is 0.507 e. The van der Waals surface area contributed by atoms with Crippen molar-refractivity contribution in [3.63, 3.8) is 0 Å². The number of aromatic hydroxyl groups is 1.